The van der Waals surface area contributed by atoms with Crippen molar-refractivity contribution in [2.24, 2.45) is 0 Å². The number of fused-ring (bicyclic) bond motifs is 1. The van der Waals surface area contributed by atoms with E-state index in [2.05, 4.69) is 10.3 Å². The number of non-ortho nitro benzene ring substituents is 1. The average Bonchev–Trinajstić information content (AvgIpc) is 3.13. The molecule has 1 amide bonds. The first-order valence-electron chi connectivity index (χ1n) is 9.27. The number of esters is 1. The zero-order chi connectivity index (χ0) is 21.5. The number of aromatic nitrogens is 1. The number of nitro groups is 1. The monoisotopic (exact) mass is 425 g/mol. The molecule has 9 heteroatoms. The van der Waals surface area contributed by atoms with Gasteiger partial charge in [0.15, 0.2) is 5.13 Å². The van der Waals surface area contributed by atoms with Crippen LogP contribution in [0.5, 0.6) is 0 Å². The van der Waals surface area contributed by atoms with Crippen LogP contribution in [0.4, 0.5) is 10.8 Å². The number of anilines is 1. The topological polar surface area (TPSA) is 111 Å². The first-order valence-corrected chi connectivity index (χ1v) is 10.1. The van der Waals surface area contributed by atoms with E-state index in [1.807, 2.05) is 6.92 Å². The molecule has 0 bridgehead atoms. The Bertz CT molecular complexity index is 1120. The van der Waals surface area contributed by atoms with Crippen molar-refractivity contribution in [3.05, 3.63) is 69.8 Å². The second kappa shape index (κ2) is 9.75. The number of carbonyl (C=O) groups excluding carboxylic acids is 2. The molecule has 1 N–H and O–H groups in total. The summed E-state index contributed by atoms with van der Waals surface area (Å²) in [5, 5.41) is 13.9. The van der Waals surface area contributed by atoms with Gasteiger partial charge >= 0.3 is 5.97 Å². The molecule has 0 radical (unpaired) electrons. The van der Waals surface area contributed by atoms with Gasteiger partial charge in [0.2, 0.25) is 5.91 Å². The standard InChI is InChI=1S/C21H19N3O5S/c1-2-3-11-29-20(26)15-8-9-17-18(13-15)30-21(22-17)23-19(25)10-7-14-5-4-6-16(12-14)24(27)28/h4-10,12-13H,2-3,11H2,1H3,(H,22,23,25)/b10-7+. The predicted octanol–water partition coefficient (Wildman–Crippen LogP) is 4.81. The van der Waals surface area contributed by atoms with Crippen molar-refractivity contribution in [3.8, 4) is 0 Å². The lowest BCUT2D eigenvalue weighted by Gasteiger charge is -2.03. The van der Waals surface area contributed by atoms with Crippen molar-refractivity contribution >= 4 is 50.3 Å². The van der Waals surface area contributed by atoms with Crippen LogP contribution in [0, 0.1) is 10.1 Å². The first kappa shape index (κ1) is 21.1. The fourth-order valence-electron chi connectivity index (χ4n) is 2.56. The average molecular weight is 425 g/mol. The van der Waals surface area contributed by atoms with E-state index in [0.29, 0.717) is 28.4 Å². The van der Waals surface area contributed by atoms with Crippen molar-refractivity contribution in [2.75, 3.05) is 11.9 Å². The van der Waals surface area contributed by atoms with Gasteiger partial charge < -0.3 is 4.74 Å². The third-order valence-electron chi connectivity index (χ3n) is 4.09. The van der Waals surface area contributed by atoms with Crippen molar-refractivity contribution in [1.29, 1.82) is 0 Å². The molecule has 0 unspecified atom stereocenters. The number of carbonyl (C=O) groups is 2. The van der Waals surface area contributed by atoms with Gasteiger partial charge in [-0.2, -0.15) is 0 Å². The van der Waals surface area contributed by atoms with Crippen LogP contribution < -0.4 is 5.32 Å². The van der Waals surface area contributed by atoms with Crippen molar-refractivity contribution in [1.82, 2.24) is 4.98 Å². The molecule has 3 rings (SSSR count). The van der Waals surface area contributed by atoms with E-state index >= 15 is 0 Å². The molecule has 0 spiro atoms. The number of hydrogen-bond donors (Lipinski definition) is 1. The Morgan fingerprint density at radius 1 is 1.27 bits per heavy atom. The summed E-state index contributed by atoms with van der Waals surface area (Å²) in [5.41, 5.74) is 1.58. The third kappa shape index (κ3) is 5.48. The van der Waals surface area contributed by atoms with Crippen LogP contribution in [0.1, 0.15) is 35.7 Å². The summed E-state index contributed by atoms with van der Waals surface area (Å²) in [7, 11) is 0. The van der Waals surface area contributed by atoms with Crippen molar-refractivity contribution < 1.29 is 19.2 Å². The lowest BCUT2D eigenvalue weighted by molar-refractivity contribution is -0.384. The smallest absolute Gasteiger partial charge is 0.338 e. The van der Waals surface area contributed by atoms with Crippen LogP contribution in [0.3, 0.4) is 0 Å². The van der Waals surface area contributed by atoms with Crippen LogP contribution in [-0.2, 0) is 9.53 Å². The van der Waals surface area contributed by atoms with E-state index in [-0.39, 0.29) is 11.7 Å². The van der Waals surface area contributed by atoms with E-state index in [9.17, 15) is 19.7 Å². The number of nitrogens with one attached hydrogen (secondary N) is 1. The van der Waals surface area contributed by atoms with Crippen molar-refractivity contribution in [3.63, 3.8) is 0 Å². The highest BCUT2D eigenvalue weighted by atomic mass is 32.1. The summed E-state index contributed by atoms with van der Waals surface area (Å²) in [6.45, 7) is 2.40. The predicted molar refractivity (Wildman–Crippen MR) is 116 cm³/mol. The van der Waals surface area contributed by atoms with Gasteiger partial charge in [-0.3, -0.25) is 20.2 Å². The van der Waals surface area contributed by atoms with E-state index in [1.165, 1.54) is 35.6 Å². The number of amides is 1. The molecule has 1 heterocycles. The molecule has 0 saturated heterocycles. The Hall–Kier alpha value is -3.59. The lowest BCUT2D eigenvalue weighted by atomic mass is 10.2. The fourth-order valence-corrected chi connectivity index (χ4v) is 3.47. The second-order valence-corrected chi connectivity index (χ2v) is 7.40. The molecular formula is C21H19N3O5S. The van der Waals surface area contributed by atoms with Crippen LogP contribution in [0.2, 0.25) is 0 Å². The van der Waals surface area contributed by atoms with Gasteiger partial charge in [0.1, 0.15) is 0 Å². The summed E-state index contributed by atoms with van der Waals surface area (Å²) in [6.07, 6.45) is 4.52. The van der Waals surface area contributed by atoms with Gasteiger partial charge in [0, 0.05) is 18.2 Å². The number of rotatable bonds is 8. The Labute approximate surface area is 176 Å². The third-order valence-corrected chi connectivity index (χ3v) is 5.03. The zero-order valence-electron chi connectivity index (χ0n) is 16.2. The highest BCUT2D eigenvalue weighted by Gasteiger charge is 2.11. The van der Waals surface area contributed by atoms with E-state index in [1.54, 1.807) is 30.3 Å². The van der Waals surface area contributed by atoms with Gasteiger partial charge in [-0.1, -0.05) is 36.8 Å². The second-order valence-electron chi connectivity index (χ2n) is 6.37. The van der Waals surface area contributed by atoms with Gasteiger partial charge in [0.05, 0.1) is 27.3 Å². The number of ether oxygens (including phenoxy) is 1. The number of hydrogen-bond acceptors (Lipinski definition) is 7. The highest BCUT2D eigenvalue weighted by Crippen LogP contribution is 2.27. The molecule has 154 valence electrons. The molecule has 0 aliphatic heterocycles. The molecule has 30 heavy (non-hydrogen) atoms. The highest BCUT2D eigenvalue weighted by molar-refractivity contribution is 7.22. The largest absolute Gasteiger partial charge is 0.462 e. The first-order chi connectivity index (χ1) is 14.5. The summed E-state index contributed by atoms with van der Waals surface area (Å²) in [6, 6.07) is 11.0. The van der Waals surface area contributed by atoms with E-state index in [4.69, 9.17) is 4.74 Å². The molecule has 2 aromatic carbocycles. The van der Waals surface area contributed by atoms with Crippen LogP contribution in [0.15, 0.2) is 48.5 Å². The number of benzene rings is 2. The summed E-state index contributed by atoms with van der Waals surface area (Å²) in [4.78, 5) is 38.9. The minimum Gasteiger partial charge on any atom is -0.462 e. The Morgan fingerprint density at radius 2 is 2.10 bits per heavy atom. The number of nitro benzene ring substituents is 1. The minimum absolute atomic E-state index is 0.0484. The molecule has 1 aromatic heterocycles. The normalized spacial score (nSPS) is 11.0. The molecule has 0 aliphatic rings. The minimum atomic E-state index is -0.494. The van der Waals surface area contributed by atoms with Crippen molar-refractivity contribution in [2.45, 2.75) is 19.8 Å². The summed E-state index contributed by atoms with van der Waals surface area (Å²) in [5.74, 6) is -0.802. The molecule has 0 saturated carbocycles. The maximum atomic E-state index is 12.2. The maximum Gasteiger partial charge on any atom is 0.338 e. The lowest BCUT2D eigenvalue weighted by Crippen LogP contribution is -2.07. The van der Waals surface area contributed by atoms with E-state index < -0.39 is 10.8 Å². The number of nitrogens with zero attached hydrogens (tertiary/aromatic N) is 2. The van der Waals surface area contributed by atoms with Gasteiger partial charge in [-0.05, 0) is 36.3 Å². The summed E-state index contributed by atoms with van der Waals surface area (Å²) >= 11 is 1.24. The molecular weight excluding hydrogens is 406 g/mol. The Balaban J connectivity index is 1.66. The molecule has 3 aromatic rings. The zero-order valence-corrected chi connectivity index (χ0v) is 17.0. The SMILES string of the molecule is CCCCOC(=O)c1ccc2nc(NC(=O)/C=C/c3cccc([N+](=O)[O-])c3)sc2c1. The Morgan fingerprint density at radius 3 is 2.87 bits per heavy atom. The van der Waals surface area contributed by atoms with Gasteiger partial charge in [0.25, 0.3) is 5.69 Å². The van der Waals surface area contributed by atoms with Crippen LogP contribution in [-0.4, -0.2) is 28.4 Å². The molecule has 0 aliphatic carbocycles. The maximum absolute atomic E-state index is 12.2. The number of thiazole rings is 1. The quantitative estimate of drug-likeness (QED) is 0.182. The van der Waals surface area contributed by atoms with Gasteiger partial charge in [-0.15, -0.1) is 0 Å². The Kier molecular flexibility index (Phi) is 6.87. The molecule has 0 fully saturated rings. The van der Waals surface area contributed by atoms with Crippen LogP contribution >= 0.6 is 11.3 Å². The summed E-state index contributed by atoms with van der Waals surface area (Å²) < 4.78 is 5.96. The van der Waals surface area contributed by atoms with E-state index in [0.717, 1.165) is 17.5 Å². The molecule has 8 nitrogen and oxygen atoms in total. The number of unbranched alkanes of at least 4 members (excludes halogenated alkanes) is 1. The molecule has 0 atom stereocenters. The van der Waals surface area contributed by atoms with Gasteiger partial charge in [-0.25, -0.2) is 9.78 Å². The van der Waals surface area contributed by atoms with Crippen LogP contribution in [0.25, 0.3) is 16.3 Å². The fraction of sp³-hybridized carbons (Fsp3) is 0.190.